The Bertz CT molecular complexity index is 412. The molecular formula is C16H20O2. The molecule has 0 saturated carbocycles. The first-order chi connectivity index (χ1) is 8.74. The third-order valence-electron chi connectivity index (χ3n) is 2.46. The van der Waals surface area contributed by atoms with Crippen molar-refractivity contribution in [2.45, 2.75) is 26.7 Å². The van der Waals surface area contributed by atoms with Gasteiger partial charge in [0.05, 0.1) is 6.61 Å². The van der Waals surface area contributed by atoms with Crippen LogP contribution in [0, 0.1) is 0 Å². The molecule has 0 amide bonds. The van der Waals surface area contributed by atoms with Gasteiger partial charge in [0.25, 0.3) is 0 Å². The third kappa shape index (κ3) is 5.48. The quantitative estimate of drug-likeness (QED) is 0.597. The van der Waals surface area contributed by atoms with Crippen molar-refractivity contribution in [3.63, 3.8) is 0 Å². The fourth-order valence-corrected chi connectivity index (χ4v) is 1.49. The van der Waals surface area contributed by atoms with Gasteiger partial charge in [0.15, 0.2) is 0 Å². The average Bonchev–Trinajstić information content (AvgIpc) is 2.40. The van der Waals surface area contributed by atoms with Crippen LogP contribution < -0.4 is 0 Å². The van der Waals surface area contributed by atoms with Crippen molar-refractivity contribution in [3.05, 3.63) is 48.5 Å². The molecule has 2 nitrogen and oxygen atoms in total. The highest BCUT2D eigenvalue weighted by Gasteiger charge is 1.88. The Kier molecular flexibility index (Phi) is 6.55. The Hall–Kier alpha value is -1.83. The Morgan fingerprint density at radius 2 is 1.44 bits per heavy atom. The van der Waals surface area contributed by atoms with Gasteiger partial charge < -0.3 is 4.74 Å². The molecule has 0 aliphatic carbocycles. The van der Waals surface area contributed by atoms with Gasteiger partial charge in [0.2, 0.25) is 0 Å². The molecule has 2 aromatic rings. The van der Waals surface area contributed by atoms with Crippen molar-refractivity contribution >= 4 is 16.7 Å². The van der Waals surface area contributed by atoms with E-state index in [1.54, 1.807) is 0 Å². The number of esters is 1. The lowest BCUT2D eigenvalue weighted by Gasteiger charge is -1.96. The van der Waals surface area contributed by atoms with E-state index in [4.69, 9.17) is 0 Å². The Morgan fingerprint density at radius 3 is 1.78 bits per heavy atom. The van der Waals surface area contributed by atoms with E-state index in [1.807, 2.05) is 0 Å². The second-order valence-electron chi connectivity index (χ2n) is 4.04. The van der Waals surface area contributed by atoms with Crippen molar-refractivity contribution in [2.75, 3.05) is 6.61 Å². The molecular weight excluding hydrogens is 224 g/mol. The Balaban J connectivity index is 0.000000187. The van der Waals surface area contributed by atoms with E-state index in [0.29, 0.717) is 6.61 Å². The molecule has 2 aromatic carbocycles. The maximum atomic E-state index is 10.1. The van der Waals surface area contributed by atoms with E-state index in [9.17, 15) is 4.79 Å². The lowest BCUT2D eigenvalue weighted by atomic mass is 10.1. The molecule has 0 atom stereocenters. The highest BCUT2D eigenvalue weighted by atomic mass is 16.5. The number of carbonyl (C=O) groups excluding carboxylic acids is 1. The highest BCUT2D eigenvalue weighted by molar-refractivity contribution is 5.81. The standard InChI is InChI=1S/C10H8.C6H12O2/c1-2-6-10-8-4-3-7-9(10)5-1;1-3-4-5-8-6(2)7/h1-8H;3-5H2,1-2H3. The zero-order valence-electron chi connectivity index (χ0n) is 11.1. The van der Waals surface area contributed by atoms with Crippen LogP contribution in [0.25, 0.3) is 10.8 Å². The molecule has 96 valence electrons. The number of ether oxygens (including phenoxy) is 1. The van der Waals surface area contributed by atoms with Crippen LogP contribution >= 0.6 is 0 Å². The van der Waals surface area contributed by atoms with E-state index >= 15 is 0 Å². The van der Waals surface area contributed by atoms with Crippen LogP contribution in [0.1, 0.15) is 26.7 Å². The zero-order chi connectivity index (χ0) is 13.2. The maximum Gasteiger partial charge on any atom is 0.302 e. The summed E-state index contributed by atoms with van der Waals surface area (Å²) >= 11 is 0. The lowest BCUT2D eigenvalue weighted by Crippen LogP contribution is -1.99. The topological polar surface area (TPSA) is 26.3 Å². The maximum absolute atomic E-state index is 10.1. The fraction of sp³-hybridized carbons (Fsp3) is 0.312. The molecule has 18 heavy (non-hydrogen) atoms. The van der Waals surface area contributed by atoms with Gasteiger partial charge in [-0.2, -0.15) is 0 Å². The number of rotatable bonds is 3. The summed E-state index contributed by atoms with van der Waals surface area (Å²) in [5, 5.41) is 2.62. The zero-order valence-corrected chi connectivity index (χ0v) is 11.1. The molecule has 2 heteroatoms. The third-order valence-corrected chi connectivity index (χ3v) is 2.46. The summed E-state index contributed by atoms with van der Waals surface area (Å²) in [6.07, 6.45) is 2.05. The van der Waals surface area contributed by atoms with Crippen LogP contribution in [0.2, 0.25) is 0 Å². The van der Waals surface area contributed by atoms with Gasteiger partial charge in [0, 0.05) is 6.92 Å². The first-order valence-electron chi connectivity index (χ1n) is 6.31. The van der Waals surface area contributed by atoms with E-state index in [0.717, 1.165) is 12.8 Å². The summed E-state index contributed by atoms with van der Waals surface area (Å²) in [6.45, 7) is 4.06. The number of unbranched alkanes of at least 4 members (excludes halogenated alkanes) is 1. The summed E-state index contributed by atoms with van der Waals surface area (Å²) in [6, 6.07) is 16.7. The van der Waals surface area contributed by atoms with Crippen LogP contribution in [0.5, 0.6) is 0 Å². The predicted octanol–water partition coefficient (Wildman–Crippen LogP) is 4.19. The number of hydrogen-bond donors (Lipinski definition) is 0. The molecule has 0 spiro atoms. The van der Waals surface area contributed by atoms with Crippen LogP contribution in [0.3, 0.4) is 0 Å². The molecule has 0 heterocycles. The molecule has 2 rings (SSSR count). The monoisotopic (exact) mass is 244 g/mol. The summed E-state index contributed by atoms with van der Waals surface area (Å²) in [7, 11) is 0. The summed E-state index contributed by atoms with van der Waals surface area (Å²) in [5.74, 6) is -0.182. The minimum atomic E-state index is -0.182. The summed E-state index contributed by atoms with van der Waals surface area (Å²) < 4.78 is 4.64. The van der Waals surface area contributed by atoms with Gasteiger partial charge >= 0.3 is 5.97 Å². The molecule has 0 fully saturated rings. The molecule has 0 aliphatic rings. The normalized spacial score (nSPS) is 9.44. The van der Waals surface area contributed by atoms with Gasteiger partial charge in [-0.3, -0.25) is 4.79 Å². The second kappa shape index (κ2) is 8.29. The molecule has 0 aliphatic heterocycles. The number of carbonyl (C=O) groups is 1. The van der Waals surface area contributed by atoms with E-state index in [-0.39, 0.29) is 5.97 Å². The van der Waals surface area contributed by atoms with Crippen molar-refractivity contribution < 1.29 is 9.53 Å². The van der Waals surface area contributed by atoms with E-state index in [1.165, 1.54) is 17.7 Å². The van der Waals surface area contributed by atoms with Gasteiger partial charge in [-0.05, 0) is 17.2 Å². The van der Waals surface area contributed by atoms with Crippen molar-refractivity contribution in [1.82, 2.24) is 0 Å². The van der Waals surface area contributed by atoms with Gasteiger partial charge in [0.1, 0.15) is 0 Å². The molecule has 0 aromatic heterocycles. The van der Waals surface area contributed by atoms with Crippen LogP contribution in [-0.4, -0.2) is 12.6 Å². The van der Waals surface area contributed by atoms with E-state index < -0.39 is 0 Å². The SMILES string of the molecule is CCCCOC(C)=O.c1ccc2ccccc2c1. The van der Waals surface area contributed by atoms with Crippen LogP contribution in [-0.2, 0) is 9.53 Å². The summed E-state index contributed by atoms with van der Waals surface area (Å²) in [5.41, 5.74) is 0. The largest absolute Gasteiger partial charge is 0.466 e. The lowest BCUT2D eigenvalue weighted by molar-refractivity contribution is -0.141. The Labute approximate surface area is 109 Å². The Morgan fingerprint density at radius 1 is 1.00 bits per heavy atom. The predicted molar refractivity (Wildman–Crippen MR) is 75.5 cm³/mol. The number of hydrogen-bond acceptors (Lipinski definition) is 2. The van der Waals surface area contributed by atoms with E-state index in [2.05, 4.69) is 60.2 Å². The number of fused-ring (bicyclic) bond motifs is 1. The molecule has 0 radical (unpaired) electrons. The van der Waals surface area contributed by atoms with Gasteiger partial charge in [-0.1, -0.05) is 61.9 Å². The second-order valence-corrected chi connectivity index (χ2v) is 4.04. The number of benzene rings is 2. The summed E-state index contributed by atoms with van der Waals surface area (Å²) in [4.78, 5) is 10.1. The van der Waals surface area contributed by atoms with Gasteiger partial charge in [-0.15, -0.1) is 0 Å². The van der Waals surface area contributed by atoms with Crippen LogP contribution in [0.4, 0.5) is 0 Å². The van der Waals surface area contributed by atoms with Crippen molar-refractivity contribution in [2.24, 2.45) is 0 Å². The minimum absolute atomic E-state index is 0.182. The molecule has 0 bridgehead atoms. The average molecular weight is 244 g/mol. The fourth-order valence-electron chi connectivity index (χ4n) is 1.49. The highest BCUT2D eigenvalue weighted by Crippen LogP contribution is 2.11. The first kappa shape index (κ1) is 14.2. The van der Waals surface area contributed by atoms with Gasteiger partial charge in [-0.25, -0.2) is 0 Å². The molecule has 0 unspecified atom stereocenters. The van der Waals surface area contributed by atoms with Crippen molar-refractivity contribution in [3.8, 4) is 0 Å². The smallest absolute Gasteiger partial charge is 0.302 e. The van der Waals surface area contributed by atoms with Crippen LogP contribution in [0.15, 0.2) is 48.5 Å². The van der Waals surface area contributed by atoms with Crippen molar-refractivity contribution in [1.29, 1.82) is 0 Å². The minimum Gasteiger partial charge on any atom is -0.466 e. The molecule has 0 saturated heterocycles. The molecule has 0 N–H and O–H groups in total. The first-order valence-corrected chi connectivity index (χ1v) is 6.31.